The molecule has 1 nitrogen and oxygen atoms in total. The molecular formula is C28H40O. The van der Waals surface area contributed by atoms with Gasteiger partial charge in [-0.1, -0.05) is 62.1 Å². The van der Waals surface area contributed by atoms with Crippen molar-refractivity contribution in [1.29, 1.82) is 0 Å². The van der Waals surface area contributed by atoms with Crippen molar-refractivity contribution in [3.63, 3.8) is 0 Å². The minimum atomic E-state index is 0.184. The molecule has 1 heteroatoms. The number of benzene rings is 1. The van der Waals surface area contributed by atoms with Gasteiger partial charge in [0.2, 0.25) is 0 Å². The molecular weight excluding hydrogens is 352 g/mol. The molecule has 0 spiro atoms. The van der Waals surface area contributed by atoms with Crippen molar-refractivity contribution in [2.24, 2.45) is 29.1 Å². The summed E-state index contributed by atoms with van der Waals surface area (Å²) in [6.45, 7) is 7.15. The van der Waals surface area contributed by atoms with Crippen LogP contribution in [-0.2, 0) is 4.74 Å². The lowest BCUT2D eigenvalue weighted by molar-refractivity contribution is 0.119. The predicted molar refractivity (Wildman–Crippen MR) is 121 cm³/mol. The van der Waals surface area contributed by atoms with Crippen LogP contribution in [0.4, 0.5) is 0 Å². The maximum atomic E-state index is 5.55. The molecule has 0 N–H and O–H groups in total. The first-order valence-electron chi connectivity index (χ1n) is 12.3. The molecule has 0 bridgehead atoms. The van der Waals surface area contributed by atoms with E-state index in [1.165, 1.54) is 63.4 Å². The summed E-state index contributed by atoms with van der Waals surface area (Å²) in [6.07, 6.45) is 13.2. The van der Waals surface area contributed by atoms with Gasteiger partial charge < -0.3 is 4.74 Å². The summed E-state index contributed by atoms with van der Waals surface area (Å²) in [5.41, 5.74) is 7.29. The van der Waals surface area contributed by atoms with Crippen LogP contribution in [0.3, 0.4) is 0 Å². The minimum Gasteiger partial charge on any atom is -0.377 e. The Balaban J connectivity index is 1.53. The average Bonchev–Trinajstić information content (AvgIpc) is 3.20. The molecule has 29 heavy (non-hydrogen) atoms. The fourth-order valence-electron chi connectivity index (χ4n) is 7.70. The smallest absolute Gasteiger partial charge is 0.0793 e. The third-order valence-corrected chi connectivity index (χ3v) is 9.27. The zero-order valence-corrected chi connectivity index (χ0v) is 19.0. The van der Waals surface area contributed by atoms with E-state index in [-0.39, 0.29) is 6.10 Å². The SMILES string of the molecule is COC(C)c1ccc(C2CC3CCCC3C3CCC4CC(C)(C)CCC4=C23)cc1. The molecule has 0 radical (unpaired) electrons. The number of rotatable bonds is 3. The fourth-order valence-corrected chi connectivity index (χ4v) is 7.70. The van der Waals surface area contributed by atoms with Gasteiger partial charge in [0.05, 0.1) is 6.10 Å². The lowest BCUT2D eigenvalue weighted by Crippen LogP contribution is -2.38. The molecule has 1 aromatic carbocycles. The molecule has 158 valence electrons. The monoisotopic (exact) mass is 392 g/mol. The Morgan fingerprint density at radius 3 is 2.59 bits per heavy atom. The van der Waals surface area contributed by atoms with Gasteiger partial charge in [-0.15, -0.1) is 0 Å². The third kappa shape index (κ3) is 3.52. The van der Waals surface area contributed by atoms with Crippen LogP contribution >= 0.6 is 0 Å². The van der Waals surface area contributed by atoms with Gasteiger partial charge in [-0.2, -0.15) is 0 Å². The largest absolute Gasteiger partial charge is 0.377 e. The van der Waals surface area contributed by atoms with E-state index in [4.69, 9.17) is 4.74 Å². The van der Waals surface area contributed by atoms with Crippen molar-refractivity contribution in [2.45, 2.75) is 90.6 Å². The van der Waals surface area contributed by atoms with Gasteiger partial charge in [0, 0.05) is 13.0 Å². The van der Waals surface area contributed by atoms with Crippen LogP contribution in [0.1, 0.15) is 102 Å². The molecule has 3 fully saturated rings. The van der Waals surface area contributed by atoms with Crippen LogP contribution < -0.4 is 0 Å². The summed E-state index contributed by atoms with van der Waals surface area (Å²) < 4.78 is 5.55. The van der Waals surface area contributed by atoms with Gasteiger partial charge in [0.25, 0.3) is 0 Å². The standard InChI is InChI=1S/C28H40O/c1-18(29-4)19-8-10-20(11-9-19)26-16-21-6-5-7-23(21)25-13-12-22-17-28(2,3)15-14-24(22)27(25)26/h8-11,18,21-23,25-26H,5-7,12-17H2,1-4H3. The number of hydrogen-bond donors (Lipinski definition) is 0. The molecule has 0 aromatic heterocycles. The van der Waals surface area contributed by atoms with Crippen molar-refractivity contribution in [1.82, 2.24) is 0 Å². The first kappa shape index (κ1) is 19.9. The average molecular weight is 393 g/mol. The van der Waals surface area contributed by atoms with Gasteiger partial charge in [0.1, 0.15) is 0 Å². The van der Waals surface area contributed by atoms with Crippen LogP contribution in [-0.4, -0.2) is 7.11 Å². The zero-order chi connectivity index (χ0) is 20.2. The first-order valence-corrected chi connectivity index (χ1v) is 12.3. The summed E-state index contributed by atoms with van der Waals surface area (Å²) >= 11 is 0. The Hall–Kier alpha value is -1.08. The van der Waals surface area contributed by atoms with Crippen molar-refractivity contribution in [2.75, 3.05) is 7.11 Å². The Labute approximate surface area is 178 Å². The molecule has 1 aromatic rings. The van der Waals surface area contributed by atoms with Crippen molar-refractivity contribution in [3.8, 4) is 0 Å². The molecule has 0 amide bonds. The Kier molecular flexibility index (Phi) is 5.18. The van der Waals surface area contributed by atoms with Crippen LogP contribution in [0.15, 0.2) is 35.4 Å². The Morgan fingerprint density at radius 2 is 1.83 bits per heavy atom. The van der Waals surface area contributed by atoms with Gasteiger partial charge in [-0.3, -0.25) is 0 Å². The Morgan fingerprint density at radius 1 is 1.03 bits per heavy atom. The van der Waals surface area contributed by atoms with Crippen LogP contribution in [0.2, 0.25) is 0 Å². The maximum absolute atomic E-state index is 5.55. The second-order valence-corrected chi connectivity index (χ2v) is 11.4. The quantitative estimate of drug-likeness (QED) is 0.476. The topological polar surface area (TPSA) is 9.23 Å². The summed E-state index contributed by atoms with van der Waals surface area (Å²) in [5, 5.41) is 0. The van der Waals surface area contributed by atoms with Crippen LogP contribution in [0.25, 0.3) is 0 Å². The number of fused-ring (bicyclic) bond motifs is 4. The molecule has 3 saturated carbocycles. The summed E-state index contributed by atoms with van der Waals surface area (Å²) in [6, 6.07) is 9.53. The van der Waals surface area contributed by atoms with Crippen molar-refractivity contribution < 1.29 is 4.74 Å². The zero-order valence-electron chi connectivity index (χ0n) is 19.0. The van der Waals surface area contributed by atoms with E-state index in [2.05, 4.69) is 45.0 Å². The normalized spacial score (nSPS) is 36.9. The number of hydrogen-bond acceptors (Lipinski definition) is 1. The number of methoxy groups -OCH3 is 1. The predicted octanol–water partition coefficient (Wildman–Crippen LogP) is 7.83. The molecule has 5 rings (SSSR count). The number of ether oxygens (including phenoxy) is 1. The van der Waals surface area contributed by atoms with E-state index < -0.39 is 0 Å². The van der Waals surface area contributed by atoms with Crippen molar-refractivity contribution >= 4 is 0 Å². The molecule has 4 aliphatic rings. The molecule has 6 atom stereocenters. The van der Waals surface area contributed by atoms with E-state index in [0.717, 1.165) is 23.7 Å². The second kappa shape index (κ2) is 7.56. The Bertz CT molecular complexity index is 770. The van der Waals surface area contributed by atoms with Crippen LogP contribution in [0, 0.1) is 29.1 Å². The third-order valence-electron chi connectivity index (χ3n) is 9.27. The van der Waals surface area contributed by atoms with E-state index in [0.29, 0.717) is 11.3 Å². The number of allylic oxidation sites excluding steroid dienone is 2. The highest BCUT2D eigenvalue weighted by atomic mass is 16.5. The van der Waals surface area contributed by atoms with Crippen molar-refractivity contribution in [3.05, 3.63) is 46.5 Å². The maximum Gasteiger partial charge on any atom is 0.0793 e. The van der Waals surface area contributed by atoms with Gasteiger partial charge >= 0.3 is 0 Å². The molecule has 4 aliphatic carbocycles. The van der Waals surface area contributed by atoms with Gasteiger partial charge in [0.15, 0.2) is 0 Å². The highest BCUT2D eigenvalue weighted by molar-refractivity contribution is 5.40. The van der Waals surface area contributed by atoms with E-state index in [1.54, 1.807) is 5.56 Å². The van der Waals surface area contributed by atoms with Crippen LogP contribution in [0.5, 0.6) is 0 Å². The molecule has 0 saturated heterocycles. The van der Waals surface area contributed by atoms with Gasteiger partial charge in [-0.05, 0) is 92.1 Å². The fraction of sp³-hybridized carbons (Fsp3) is 0.714. The summed E-state index contributed by atoms with van der Waals surface area (Å²) in [4.78, 5) is 0. The lowest BCUT2D eigenvalue weighted by Gasteiger charge is -2.50. The summed E-state index contributed by atoms with van der Waals surface area (Å²) in [5.74, 6) is 4.43. The van der Waals surface area contributed by atoms with E-state index in [9.17, 15) is 0 Å². The first-order chi connectivity index (χ1) is 14.0. The second-order valence-electron chi connectivity index (χ2n) is 11.4. The highest BCUT2D eigenvalue weighted by Crippen LogP contribution is 2.60. The van der Waals surface area contributed by atoms with Gasteiger partial charge in [-0.25, -0.2) is 0 Å². The molecule has 0 aliphatic heterocycles. The van der Waals surface area contributed by atoms with E-state index in [1.807, 2.05) is 18.3 Å². The lowest BCUT2D eigenvalue weighted by atomic mass is 9.55. The summed E-state index contributed by atoms with van der Waals surface area (Å²) in [7, 11) is 1.81. The highest BCUT2D eigenvalue weighted by Gasteiger charge is 2.48. The molecule has 6 unspecified atom stereocenters. The molecule has 0 heterocycles. The minimum absolute atomic E-state index is 0.184. The van der Waals surface area contributed by atoms with E-state index >= 15 is 0 Å².